The van der Waals surface area contributed by atoms with Crippen molar-refractivity contribution in [3.05, 3.63) is 42.1 Å². The molecule has 2 aliphatic rings. The highest BCUT2D eigenvalue weighted by Crippen LogP contribution is 2.40. The molecule has 0 aliphatic carbocycles. The number of benzene rings is 1. The van der Waals surface area contributed by atoms with Gasteiger partial charge in [0, 0.05) is 18.8 Å². The SMILES string of the molecule is CC(C)C(N)C(=O)OCC1OC(=O)N2c3ccc(-c4ccc(-c5nnnn5C)nc4)cc3CC12. The highest BCUT2D eigenvalue weighted by molar-refractivity contribution is 5.94. The van der Waals surface area contributed by atoms with E-state index in [1.54, 1.807) is 22.8 Å². The van der Waals surface area contributed by atoms with Crippen LogP contribution in [-0.2, 0) is 27.7 Å². The number of hydrogen-bond donors (Lipinski definition) is 1. The van der Waals surface area contributed by atoms with Crippen LogP contribution >= 0.6 is 0 Å². The van der Waals surface area contributed by atoms with Gasteiger partial charge in [-0.2, -0.15) is 0 Å². The molecule has 11 nitrogen and oxygen atoms in total. The van der Waals surface area contributed by atoms with Crippen LogP contribution in [0.5, 0.6) is 0 Å². The Balaban J connectivity index is 1.32. The molecular formula is C23H25N7O4. The largest absolute Gasteiger partial charge is 0.460 e. The van der Waals surface area contributed by atoms with E-state index in [1.165, 1.54) is 0 Å². The quantitative estimate of drug-likeness (QED) is 0.541. The van der Waals surface area contributed by atoms with Crippen LogP contribution in [0.25, 0.3) is 22.6 Å². The van der Waals surface area contributed by atoms with E-state index < -0.39 is 24.2 Å². The predicted octanol–water partition coefficient (Wildman–Crippen LogP) is 1.72. The number of anilines is 1. The number of tetrazole rings is 1. The van der Waals surface area contributed by atoms with Gasteiger partial charge < -0.3 is 15.2 Å². The first-order valence-corrected chi connectivity index (χ1v) is 11.1. The molecule has 11 heteroatoms. The summed E-state index contributed by atoms with van der Waals surface area (Å²) in [7, 11) is 1.76. The smallest absolute Gasteiger partial charge is 0.415 e. The summed E-state index contributed by atoms with van der Waals surface area (Å²) in [5.74, 6) is 0.0565. The van der Waals surface area contributed by atoms with Gasteiger partial charge in [-0.1, -0.05) is 26.0 Å². The Labute approximate surface area is 195 Å². The molecule has 0 bridgehead atoms. The highest BCUT2D eigenvalue weighted by Gasteiger charge is 2.48. The van der Waals surface area contributed by atoms with Gasteiger partial charge in [-0.3, -0.25) is 14.7 Å². The number of aryl methyl sites for hydroxylation is 1. The Bertz CT molecular complexity index is 1240. The summed E-state index contributed by atoms with van der Waals surface area (Å²) in [4.78, 5) is 30.8. The first-order chi connectivity index (χ1) is 16.3. The molecule has 176 valence electrons. The Hall–Kier alpha value is -3.86. The number of rotatable bonds is 6. The lowest BCUT2D eigenvalue weighted by Gasteiger charge is -2.19. The number of cyclic esters (lactones) is 1. The first kappa shape index (κ1) is 22.0. The van der Waals surface area contributed by atoms with Gasteiger partial charge in [0.1, 0.15) is 18.3 Å². The third-order valence-electron chi connectivity index (χ3n) is 6.30. The lowest BCUT2D eigenvalue weighted by atomic mass is 10.0. The number of hydrogen-bond acceptors (Lipinski definition) is 9. The van der Waals surface area contributed by atoms with E-state index >= 15 is 0 Å². The first-order valence-electron chi connectivity index (χ1n) is 11.1. The summed E-state index contributed by atoms with van der Waals surface area (Å²) in [5, 5.41) is 11.5. The maximum atomic E-state index is 12.6. The molecule has 4 heterocycles. The minimum absolute atomic E-state index is 0.0186. The van der Waals surface area contributed by atoms with Crippen molar-refractivity contribution in [1.82, 2.24) is 25.2 Å². The average Bonchev–Trinajstić information content (AvgIpc) is 3.51. The van der Waals surface area contributed by atoms with Crippen LogP contribution < -0.4 is 10.6 Å². The van der Waals surface area contributed by atoms with E-state index in [1.807, 2.05) is 38.1 Å². The number of aromatic nitrogens is 5. The van der Waals surface area contributed by atoms with Crippen molar-refractivity contribution in [1.29, 1.82) is 0 Å². The average molecular weight is 463 g/mol. The molecule has 5 rings (SSSR count). The van der Waals surface area contributed by atoms with E-state index in [0.717, 1.165) is 22.4 Å². The monoisotopic (exact) mass is 463 g/mol. The van der Waals surface area contributed by atoms with Gasteiger partial charge in [0.2, 0.25) is 0 Å². The van der Waals surface area contributed by atoms with Crippen molar-refractivity contribution >= 4 is 17.7 Å². The van der Waals surface area contributed by atoms with Crippen LogP contribution in [0.4, 0.5) is 10.5 Å². The Morgan fingerprint density at radius 3 is 2.74 bits per heavy atom. The summed E-state index contributed by atoms with van der Waals surface area (Å²) in [5.41, 5.74) is 10.3. The zero-order valence-electron chi connectivity index (χ0n) is 19.1. The molecule has 0 saturated carbocycles. The number of amides is 1. The van der Waals surface area contributed by atoms with E-state index in [2.05, 4.69) is 26.6 Å². The molecule has 0 spiro atoms. The third-order valence-corrected chi connectivity index (χ3v) is 6.30. The second kappa shape index (κ2) is 8.49. The second-order valence-corrected chi connectivity index (χ2v) is 8.87. The fraction of sp³-hybridized carbons (Fsp3) is 0.391. The number of nitrogens with zero attached hydrogens (tertiary/aromatic N) is 6. The van der Waals surface area contributed by atoms with Crippen LogP contribution in [0.15, 0.2) is 36.5 Å². The number of carbonyl (C=O) groups excluding carboxylic acids is 2. The molecule has 2 aromatic heterocycles. The number of ether oxygens (including phenoxy) is 2. The van der Waals surface area contributed by atoms with Crippen LogP contribution in [-0.4, -0.2) is 62.0 Å². The molecule has 1 amide bonds. The standard InChI is InChI=1S/C23H25N7O4/c1-12(2)20(24)22(31)33-11-19-18-9-15-8-13(5-7-17(15)30(18)23(32)34-19)14-4-6-16(25-10-14)21-26-27-28-29(21)3/h4-8,10,12,18-20H,9,11,24H2,1-3H3. The maximum Gasteiger partial charge on any atom is 0.415 e. The van der Waals surface area contributed by atoms with Crippen molar-refractivity contribution in [2.24, 2.45) is 18.7 Å². The zero-order chi connectivity index (χ0) is 24.0. The summed E-state index contributed by atoms with van der Waals surface area (Å²) in [6.07, 6.45) is 1.39. The molecule has 0 radical (unpaired) electrons. The fourth-order valence-corrected chi connectivity index (χ4v) is 4.28. The Morgan fingerprint density at radius 2 is 2.06 bits per heavy atom. The number of fused-ring (bicyclic) bond motifs is 3. The summed E-state index contributed by atoms with van der Waals surface area (Å²) < 4.78 is 12.4. The Morgan fingerprint density at radius 1 is 1.26 bits per heavy atom. The van der Waals surface area contributed by atoms with Gasteiger partial charge in [0.15, 0.2) is 11.9 Å². The second-order valence-electron chi connectivity index (χ2n) is 8.87. The number of pyridine rings is 1. The van der Waals surface area contributed by atoms with Crippen molar-refractivity contribution < 1.29 is 19.1 Å². The van der Waals surface area contributed by atoms with Crippen LogP contribution in [0.3, 0.4) is 0 Å². The van der Waals surface area contributed by atoms with Gasteiger partial charge in [0.25, 0.3) is 0 Å². The number of esters is 1. The molecular weight excluding hydrogens is 438 g/mol. The van der Waals surface area contributed by atoms with Gasteiger partial charge >= 0.3 is 12.1 Å². The Kier molecular flexibility index (Phi) is 5.48. The van der Waals surface area contributed by atoms with Gasteiger partial charge in [0.05, 0.1) is 11.7 Å². The maximum absolute atomic E-state index is 12.6. The van der Waals surface area contributed by atoms with Crippen LogP contribution in [0, 0.1) is 5.92 Å². The molecule has 2 aliphatic heterocycles. The minimum atomic E-state index is -0.707. The van der Waals surface area contributed by atoms with E-state index in [4.69, 9.17) is 15.2 Å². The van der Waals surface area contributed by atoms with Crippen molar-refractivity contribution in [3.63, 3.8) is 0 Å². The van der Waals surface area contributed by atoms with E-state index in [9.17, 15) is 9.59 Å². The van der Waals surface area contributed by atoms with E-state index in [0.29, 0.717) is 17.9 Å². The molecule has 1 saturated heterocycles. The molecule has 3 atom stereocenters. The summed E-state index contributed by atoms with van der Waals surface area (Å²) in [6.45, 7) is 3.68. The van der Waals surface area contributed by atoms with Crippen LogP contribution in [0.1, 0.15) is 19.4 Å². The lowest BCUT2D eigenvalue weighted by Crippen LogP contribution is -2.40. The van der Waals surface area contributed by atoms with Gasteiger partial charge in [-0.15, -0.1) is 5.10 Å². The molecule has 3 aromatic rings. The molecule has 2 N–H and O–H groups in total. The van der Waals surface area contributed by atoms with Crippen molar-refractivity contribution in [2.75, 3.05) is 11.5 Å². The van der Waals surface area contributed by atoms with Crippen molar-refractivity contribution in [3.8, 4) is 22.6 Å². The number of nitrogens with two attached hydrogens (primary N) is 1. The van der Waals surface area contributed by atoms with Gasteiger partial charge in [-0.25, -0.2) is 9.48 Å². The summed E-state index contributed by atoms with van der Waals surface area (Å²) in [6, 6.07) is 8.81. The minimum Gasteiger partial charge on any atom is -0.460 e. The van der Waals surface area contributed by atoms with E-state index in [-0.39, 0.29) is 18.6 Å². The topological polar surface area (TPSA) is 138 Å². The van der Waals surface area contributed by atoms with Gasteiger partial charge in [-0.05, 0) is 52.1 Å². The zero-order valence-corrected chi connectivity index (χ0v) is 19.1. The molecule has 1 fully saturated rings. The predicted molar refractivity (Wildman–Crippen MR) is 121 cm³/mol. The molecule has 34 heavy (non-hydrogen) atoms. The van der Waals surface area contributed by atoms with Crippen LogP contribution in [0.2, 0.25) is 0 Å². The fourth-order valence-electron chi connectivity index (χ4n) is 4.28. The normalized spacial score (nSPS) is 19.7. The molecule has 1 aromatic carbocycles. The van der Waals surface area contributed by atoms with Crippen molar-refractivity contribution in [2.45, 2.75) is 38.5 Å². The number of carbonyl (C=O) groups is 2. The molecule has 3 unspecified atom stereocenters. The lowest BCUT2D eigenvalue weighted by molar-refractivity contribution is -0.149. The summed E-state index contributed by atoms with van der Waals surface area (Å²) >= 11 is 0. The third kappa shape index (κ3) is 3.77. The highest BCUT2D eigenvalue weighted by atomic mass is 16.6.